The zero-order chi connectivity index (χ0) is 20.4. The Morgan fingerprint density at radius 3 is 3.00 bits per heavy atom. The van der Waals surface area contributed by atoms with Gasteiger partial charge in [-0.3, -0.25) is 9.59 Å². The molecule has 9 nitrogen and oxygen atoms in total. The maximum Gasteiger partial charge on any atom is 0.287 e. The molecule has 2 atom stereocenters. The predicted molar refractivity (Wildman–Crippen MR) is 104 cm³/mol. The van der Waals surface area contributed by atoms with Crippen molar-refractivity contribution in [1.82, 2.24) is 25.0 Å². The van der Waals surface area contributed by atoms with Crippen LogP contribution >= 0.6 is 11.5 Å². The molecule has 0 spiro atoms. The Hall–Kier alpha value is -3.01. The van der Waals surface area contributed by atoms with Crippen molar-refractivity contribution in [3.8, 4) is 10.6 Å². The van der Waals surface area contributed by atoms with Crippen LogP contribution in [-0.4, -0.2) is 50.6 Å². The fourth-order valence-corrected chi connectivity index (χ4v) is 4.22. The number of nitrogens with zero attached hydrogens (tertiary/aromatic N) is 4. The Bertz CT molecular complexity index is 996. The van der Waals surface area contributed by atoms with E-state index in [2.05, 4.69) is 20.1 Å². The van der Waals surface area contributed by atoms with Crippen LogP contribution in [0.3, 0.4) is 0 Å². The van der Waals surface area contributed by atoms with Gasteiger partial charge in [-0.2, -0.15) is 0 Å². The maximum absolute atomic E-state index is 12.9. The lowest BCUT2D eigenvalue weighted by Gasteiger charge is -2.33. The number of carbonyl (C=O) groups excluding carboxylic acids is 2. The molecular formula is C19H21N5O4S. The molecule has 1 aliphatic heterocycles. The normalized spacial score (nSPS) is 17.9. The molecule has 4 heterocycles. The fraction of sp³-hybridized carbons (Fsp3) is 0.421. The molecule has 0 radical (unpaired) electrons. The van der Waals surface area contributed by atoms with Crippen LogP contribution in [0.25, 0.3) is 10.6 Å². The van der Waals surface area contributed by atoms with Crippen LogP contribution in [0.15, 0.2) is 33.4 Å². The summed E-state index contributed by atoms with van der Waals surface area (Å²) < 4.78 is 14.5. The van der Waals surface area contributed by atoms with Crippen LogP contribution in [0.1, 0.15) is 47.6 Å². The van der Waals surface area contributed by atoms with E-state index in [0.717, 1.165) is 29.1 Å². The number of amides is 2. The minimum absolute atomic E-state index is 0.0554. The highest BCUT2D eigenvalue weighted by Crippen LogP contribution is 2.35. The van der Waals surface area contributed by atoms with E-state index in [1.807, 2.05) is 13.0 Å². The summed E-state index contributed by atoms with van der Waals surface area (Å²) in [5, 5.41) is 10.9. The van der Waals surface area contributed by atoms with Gasteiger partial charge in [0.25, 0.3) is 5.91 Å². The highest BCUT2D eigenvalue weighted by molar-refractivity contribution is 7.09. The second-order valence-electron chi connectivity index (χ2n) is 7.12. The molecule has 2 amide bonds. The molecule has 0 aromatic carbocycles. The monoisotopic (exact) mass is 415 g/mol. The molecule has 152 valence electrons. The average molecular weight is 415 g/mol. The number of nitrogens with one attached hydrogen (secondary N) is 1. The van der Waals surface area contributed by atoms with E-state index in [9.17, 15) is 9.59 Å². The van der Waals surface area contributed by atoms with Crippen molar-refractivity contribution in [3.05, 3.63) is 41.6 Å². The number of piperidine rings is 1. The Morgan fingerprint density at radius 1 is 1.41 bits per heavy atom. The Labute approximate surface area is 171 Å². The number of furan rings is 1. The van der Waals surface area contributed by atoms with Crippen molar-refractivity contribution in [1.29, 1.82) is 0 Å². The molecule has 4 rings (SSSR count). The van der Waals surface area contributed by atoms with Crippen LogP contribution in [0, 0.1) is 6.92 Å². The van der Waals surface area contributed by atoms with Crippen LogP contribution in [0.2, 0.25) is 0 Å². The van der Waals surface area contributed by atoms with Crippen LogP contribution in [-0.2, 0) is 4.79 Å². The van der Waals surface area contributed by atoms with Crippen molar-refractivity contribution < 1.29 is 18.5 Å². The molecule has 0 aliphatic carbocycles. The molecule has 1 saturated heterocycles. The van der Waals surface area contributed by atoms with Gasteiger partial charge in [-0.1, -0.05) is 9.64 Å². The summed E-state index contributed by atoms with van der Waals surface area (Å²) >= 11 is 1.27. The van der Waals surface area contributed by atoms with Crippen LogP contribution < -0.4 is 5.32 Å². The quantitative estimate of drug-likeness (QED) is 0.681. The molecule has 0 bridgehead atoms. The molecule has 0 saturated carbocycles. The Morgan fingerprint density at radius 2 is 2.28 bits per heavy atom. The Kier molecular flexibility index (Phi) is 5.43. The van der Waals surface area contributed by atoms with Crippen LogP contribution in [0.5, 0.6) is 0 Å². The lowest BCUT2D eigenvalue weighted by molar-refractivity contribution is -0.134. The first kappa shape index (κ1) is 19.3. The standard InChI is InChI=1S/C19H21N5O4S/c1-11-9-15(28-22-11)17-16(21-23-29-17)13-5-3-7-24(10-13)19(26)12(2)20-18(25)14-6-4-8-27-14/h4,6,8-9,12-13H,3,5,7,10H2,1-2H3,(H,20,25)/t12-,13-/m0/s1. The van der Waals surface area contributed by atoms with E-state index in [-0.39, 0.29) is 17.6 Å². The van der Waals surface area contributed by atoms with E-state index in [0.29, 0.717) is 18.8 Å². The van der Waals surface area contributed by atoms with E-state index in [1.54, 1.807) is 24.0 Å². The summed E-state index contributed by atoms with van der Waals surface area (Å²) in [6, 6.07) is 4.39. The predicted octanol–water partition coefficient (Wildman–Crippen LogP) is 2.62. The lowest BCUT2D eigenvalue weighted by Crippen LogP contribution is -2.49. The number of likely N-dealkylation sites (tertiary alicyclic amines) is 1. The molecule has 0 unspecified atom stereocenters. The van der Waals surface area contributed by atoms with E-state index in [4.69, 9.17) is 8.94 Å². The lowest BCUT2D eigenvalue weighted by atomic mass is 9.93. The van der Waals surface area contributed by atoms with Gasteiger partial charge in [0.1, 0.15) is 10.9 Å². The van der Waals surface area contributed by atoms with E-state index < -0.39 is 11.9 Å². The SMILES string of the molecule is Cc1cc(-c2snnc2[C@H]2CCCN(C(=O)[C@H](C)NC(=O)c3ccco3)C2)on1. The first-order valence-electron chi connectivity index (χ1n) is 9.42. The first-order valence-corrected chi connectivity index (χ1v) is 10.2. The van der Waals surface area contributed by atoms with Gasteiger partial charge in [-0.05, 0) is 50.4 Å². The molecule has 1 aliphatic rings. The number of hydrogen-bond donors (Lipinski definition) is 1. The van der Waals surface area contributed by atoms with Gasteiger partial charge in [0.05, 0.1) is 17.7 Å². The van der Waals surface area contributed by atoms with Crippen LogP contribution in [0.4, 0.5) is 0 Å². The molecule has 1 fully saturated rings. The maximum atomic E-state index is 12.9. The molecule has 3 aromatic rings. The van der Waals surface area contributed by atoms with Gasteiger partial charge in [0.15, 0.2) is 11.5 Å². The fourth-order valence-electron chi connectivity index (χ4n) is 3.52. The first-order chi connectivity index (χ1) is 14.0. The highest BCUT2D eigenvalue weighted by atomic mass is 32.1. The molecule has 3 aromatic heterocycles. The highest BCUT2D eigenvalue weighted by Gasteiger charge is 2.32. The smallest absolute Gasteiger partial charge is 0.287 e. The van der Waals surface area contributed by atoms with Crippen molar-refractivity contribution in [2.45, 2.75) is 38.6 Å². The molecule has 1 N–H and O–H groups in total. The summed E-state index contributed by atoms with van der Waals surface area (Å²) in [7, 11) is 0. The third-order valence-electron chi connectivity index (χ3n) is 4.95. The number of aryl methyl sites for hydroxylation is 1. The molecule has 29 heavy (non-hydrogen) atoms. The number of rotatable bonds is 5. The van der Waals surface area contributed by atoms with Gasteiger partial charge < -0.3 is 19.2 Å². The number of carbonyl (C=O) groups is 2. The minimum Gasteiger partial charge on any atom is -0.459 e. The summed E-state index contributed by atoms with van der Waals surface area (Å²) in [6.45, 7) is 4.70. The molecular weight excluding hydrogens is 394 g/mol. The summed E-state index contributed by atoms with van der Waals surface area (Å²) in [5.74, 6) is 0.350. The summed E-state index contributed by atoms with van der Waals surface area (Å²) in [4.78, 5) is 27.7. The second kappa shape index (κ2) is 8.16. The number of aromatic nitrogens is 3. The third kappa shape index (κ3) is 4.07. The zero-order valence-corrected chi connectivity index (χ0v) is 16.9. The van der Waals surface area contributed by atoms with Gasteiger partial charge in [0, 0.05) is 25.1 Å². The largest absolute Gasteiger partial charge is 0.459 e. The van der Waals surface area contributed by atoms with Crippen molar-refractivity contribution in [3.63, 3.8) is 0 Å². The van der Waals surface area contributed by atoms with E-state index in [1.165, 1.54) is 17.8 Å². The van der Waals surface area contributed by atoms with Gasteiger partial charge in [0.2, 0.25) is 5.91 Å². The molecule has 10 heteroatoms. The summed E-state index contributed by atoms with van der Waals surface area (Å²) in [5.41, 5.74) is 1.62. The van der Waals surface area contributed by atoms with Gasteiger partial charge in [-0.25, -0.2) is 0 Å². The van der Waals surface area contributed by atoms with Gasteiger partial charge in [-0.15, -0.1) is 5.10 Å². The second-order valence-corrected chi connectivity index (χ2v) is 7.87. The minimum atomic E-state index is -0.656. The average Bonchev–Trinajstić information content (AvgIpc) is 3.48. The summed E-state index contributed by atoms with van der Waals surface area (Å²) in [6.07, 6.45) is 3.18. The Balaban J connectivity index is 1.44. The topological polar surface area (TPSA) is 114 Å². The van der Waals surface area contributed by atoms with Crippen molar-refractivity contribution in [2.24, 2.45) is 0 Å². The third-order valence-corrected chi connectivity index (χ3v) is 5.70. The number of hydrogen-bond acceptors (Lipinski definition) is 8. The zero-order valence-electron chi connectivity index (χ0n) is 16.1. The van der Waals surface area contributed by atoms with Gasteiger partial charge >= 0.3 is 0 Å². The van der Waals surface area contributed by atoms with Crippen molar-refractivity contribution in [2.75, 3.05) is 13.1 Å². The van der Waals surface area contributed by atoms with E-state index >= 15 is 0 Å². The van der Waals surface area contributed by atoms with Crippen molar-refractivity contribution >= 4 is 23.3 Å².